The van der Waals surface area contributed by atoms with E-state index in [9.17, 15) is 14.0 Å². The number of nitrogens with one attached hydrogen (secondary N) is 2. The molecule has 0 aliphatic heterocycles. The minimum atomic E-state index is -0.590. The highest BCUT2D eigenvalue weighted by molar-refractivity contribution is 8.93. The highest BCUT2D eigenvalue weighted by Gasteiger charge is 2.18. The van der Waals surface area contributed by atoms with E-state index in [1.165, 1.54) is 36.5 Å². The van der Waals surface area contributed by atoms with Gasteiger partial charge in [-0.15, -0.1) is 17.0 Å². The number of rotatable bonds is 2. The van der Waals surface area contributed by atoms with Gasteiger partial charge in [0.05, 0.1) is 12.3 Å². The van der Waals surface area contributed by atoms with E-state index in [0.717, 1.165) is 0 Å². The topological polar surface area (TPSA) is 96.1 Å². The van der Waals surface area contributed by atoms with Crippen molar-refractivity contribution in [1.82, 2.24) is 9.97 Å². The molecule has 0 aliphatic carbocycles. The third kappa shape index (κ3) is 3.36. The van der Waals surface area contributed by atoms with Crippen LogP contribution in [0.1, 0.15) is 0 Å². The molecule has 3 rings (SSSR count). The second-order valence-corrected chi connectivity index (χ2v) is 5.03. The van der Waals surface area contributed by atoms with E-state index in [4.69, 9.17) is 12.3 Å². The number of nitrogens with two attached hydrogens (primary N) is 1. The van der Waals surface area contributed by atoms with E-state index >= 15 is 0 Å². The standard InChI is InChI=1S/C17H11FN4O2.BrH/c1-20-15-16(24)13(10-5-6-12(23)21-8-10)14(22-17(15)19)9-3-2-4-11(18)7-9;/h2-8H,(H,21,23)(H3,19,22,24);1H. The molecule has 3 aromatic rings. The van der Waals surface area contributed by atoms with E-state index in [2.05, 4.69) is 14.8 Å². The Balaban J connectivity index is 0.00000225. The lowest BCUT2D eigenvalue weighted by molar-refractivity contribution is 0.628. The summed E-state index contributed by atoms with van der Waals surface area (Å²) in [6.45, 7) is 7.14. The SMILES string of the molecule is Br.[C-]#[N+]c1c(N)[nH]c(-c2cccc(F)c2)c(-c2ccc(=O)[nH]c2)c1=O. The van der Waals surface area contributed by atoms with Gasteiger partial charge in [0.15, 0.2) is 5.43 Å². The molecule has 0 atom stereocenters. The van der Waals surface area contributed by atoms with E-state index in [1.807, 2.05) is 0 Å². The van der Waals surface area contributed by atoms with Gasteiger partial charge in [-0.3, -0.25) is 4.79 Å². The zero-order valence-corrected chi connectivity index (χ0v) is 14.4. The normalized spacial score (nSPS) is 9.92. The molecule has 0 saturated carbocycles. The van der Waals surface area contributed by atoms with Gasteiger partial charge in [-0.25, -0.2) is 9.24 Å². The molecular weight excluding hydrogens is 391 g/mol. The van der Waals surface area contributed by atoms with E-state index in [-0.39, 0.29) is 45.3 Å². The van der Waals surface area contributed by atoms with Gasteiger partial charge in [-0.05, 0) is 18.2 Å². The number of nitrogen functional groups attached to an aromatic ring is 1. The van der Waals surface area contributed by atoms with Crippen LogP contribution < -0.4 is 16.7 Å². The fourth-order valence-corrected chi connectivity index (χ4v) is 2.42. The summed E-state index contributed by atoms with van der Waals surface area (Å²) in [4.78, 5) is 32.4. The first kappa shape index (κ1) is 18.2. The van der Waals surface area contributed by atoms with Crippen LogP contribution >= 0.6 is 17.0 Å². The second-order valence-electron chi connectivity index (χ2n) is 5.03. The number of nitrogens with zero attached hydrogens (tertiary/aromatic N) is 1. The average molecular weight is 403 g/mol. The molecular formula is C17H12BrFN4O2. The van der Waals surface area contributed by atoms with Crippen LogP contribution in [-0.2, 0) is 0 Å². The molecule has 0 spiro atoms. The number of benzene rings is 1. The zero-order chi connectivity index (χ0) is 17.3. The van der Waals surface area contributed by atoms with Crippen molar-refractivity contribution in [3.8, 4) is 22.4 Å². The number of hydrogen-bond donors (Lipinski definition) is 3. The Labute approximate surface area is 151 Å². The van der Waals surface area contributed by atoms with Crippen molar-refractivity contribution in [2.24, 2.45) is 0 Å². The number of aromatic nitrogens is 2. The molecule has 25 heavy (non-hydrogen) atoms. The van der Waals surface area contributed by atoms with Crippen LogP contribution in [0, 0.1) is 12.4 Å². The lowest BCUT2D eigenvalue weighted by Crippen LogP contribution is -2.12. The maximum atomic E-state index is 13.6. The van der Waals surface area contributed by atoms with E-state index in [0.29, 0.717) is 11.1 Å². The smallest absolute Gasteiger partial charge is 0.272 e. The summed E-state index contributed by atoms with van der Waals surface area (Å²) in [6.07, 6.45) is 1.36. The molecule has 8 heteroatoms. The molecule has 4 N–H and O–H groups in total. The van der Waals surface area contributed by atoms with Gasteiger partial charge in [0.2, 0.25) is 5.56 Å². The van der Waals surface area contributed by atoms with Crippen LogP contribution in [0.3, 0.4) is 0 Å². The van der Waals surface area contributed by atoms with Crippen molar-refractivity contribution in [3.05, 3.63) is 80.4 Å². The molecule has 0 radical (unpaired) electrons. The fraction of sp³-hybridized carbons (Fsp3) is 0. The van der Waals surface area contributed by atoms with Crippen LogP contribution in [-0.4, -0.2) is 9.97 Å². The first-order chi connectivity index (χ1) is 11.5. The molecule has 0 fully saturated rings. The summed E-state index contributed by atoms with van der Waals surface area (Å²) >= 11 is 0. The maximum absolute atomic E-state index is 13.6. The Kier molecular flexibility index (Phi) is 5.20. The average Bonchev–Trinajstić information content (AvgIpc) is 2.56. The monoisotopic (exact) mass is 402 g/mol. The lowest BCUT2D eigenvalue weighted by Gasteiger charge is -2.12. The van der Waals surface area contributed by atoms with Crippen molar-refractivity contribution in [2.75, 3.05) is 5.73 Å². The summed E-state index contributed by atoms with van der Waals surface area (Å²) in [7, 11) is 0. The summed E-state index contributed by atoms with van der Waals surface area (Å²) in [5.41, 5.74) is 5.78. The van der Waals surface area contributed by atoms with Crippen molar-refractivity contribution in [3.63, 3.8) is 0 Å². The summed E-state index contributed by atoms with van der Waals surface area (Å²) in [5.74, 6) is -0.573. The van der Waals surface area contributed by atoms with Crippen LogP contribution in [0.5, 0.6) is 0 Å². The quantitative estimate of drug-likeness (QED) is 0.574. The summed E-state index contributed by atoms with van der Waals surface area (Å²) in [6, 6.07) is 8.35. The predicted molar refractivity (Wildman–Crippen MR) is 99.5 cm³/mol. The first-order valence-corrected chi connectivity index (χ1v) is 6.89. The van der Waals surface area contributed by atoms with Crippen molar-refractivity contribution >= 4 is 28.5 Å². The Bertz CT molecular complexity index is 1080. The van der Waals surface area contributed by atoms with Gasteiger partial charge in [0.1, 0.15) is 11.6 Å². The number of aromatic amines is 2. The Morgan fingerprint density at radius 3 is 2.48 bits per heavy atom. The van der Waals surface area contributed by atoms with E-state index in [1.54, 1.807) is 6.07 Å². The predicted octanol–water partition coefficient (Wildman–Crippen LogP) is 3.25. The van der Waals surface area contributed by atoms with Crippen molar-refractivity contribution in [2.45, 2.75) is 0 Å². The molecule has 1 aromatic carbocycles. The van der Waals surface area contributed by atoms with Gasteiger partial charge < -0.3 is 20.5 Å². The van der Waals surface area contributed by atoms with Gasteiger partial charge in [-0.2, -0.15) is 0 Å². The lowest BCUT2D eigenvalue weighted by atomic mass is 9.99. The molecule has 0 aliphatic rings. The Morgan fingerprint density at radius 1 is 1.12 bits per heavy atom. The molecule has 126 valence electrons. The largest absolute Gasteiger partial charge is 0.394 e. The third-order valence-corrected chi connectivity index (χ3v) is 3.50. The van der Waals surface area contributed by atoms with Crippen LogP contribution in [0.15, 0.2) is 52.2 Å². The minimum absolute atomic E-state index is 0. The second kappa shape index (κ2) is 7.15. The molecule has 2 heterocycles. The van der Waals surface area contributed by atoms with E-state index < -0.39 is 11.2 Å². The number of hydrogen-bond acceptors (Lipinski definition) is 3. The fourth-order valence-electron chi connectivity index (χ4n) is 2.42. The molecule has 0 saturated heterocycles. The molecule has 0 amide bonds. The summed E-state index contributed by atoms with van der Waals surface area (Å²) in [5, 5.41) is 0. The minimum Gasteiger partial charge on any atom is -0.394 e. The maximum Gasteiger partial charge on any atom is 0.272 e. The number of pyridine rings is 2. The van der Waals surface area contributed by atoms with Gasteiger partial charge in [0.25, 0.3) is 5.69 Å². The van der Waals surface area contributed by atoms with Crippen molar-refractivity contribution < 1.29 is 4.39 Å². The Morgan fingerprint density at radius 2 is 1.88 bits per heavy atom. The van der Waals surface area contributed by atoms with Crippen molar-refractivity contribution in [1.29, 1.82) is 0 Å². The number of H-pyrrole nitrogens is 2. The zero-order valence-electron chi connectivity index (χ0n) is 12.7. The highest BCUT2D eigenvalue weighted by atomic mass is 79.9. The molecule has 0 bridgehead atoms. The summed E-state index contributed by atoms with van der Waals surface area (Å²) < 4.78 is 13.6. The number of halogens is 2. The molecule has 2 aromatic heterocycles. The van der Waals surface area contributed by atoms with Gasteiger partial charge in [-0.1, -0.05) is 12.1 Å². The first-order valence-electron chi connectivity index (χ1n) is 6.89. The molecule has 6 nitrogen and oxygen atoms in total. The van der Waals surface area contributed by atoms with Gasteiger partial charge >= 0.3 is 0 Å². The highest BCUT2D eigenvalue weighted by Crippen LogP contribution is 2.31. The third-order valence-electron chi connectivity index (χ3n) is 3.50. The van der Waals surface area contributed by atoms with Gasteiger partial charge in [0, 0.05) is 29.0 Å². The Hall–Kier alpha value is -3.18. The van der Waals surface area contributed by atoms with Crippen LogP contribution in [0.2, 0.25) is 0 Å². The van der Waals surface area contributed by atoms with Crippen LogP contribution in [0.25, 0.3) is 27.2 Å². The number of anilines is 1. The van der Waals surface area contributed by atoms with Crippen LogP contribution in [0.4, 0.5) is 15.9 Å². The molecule has 0 unspecified atom stereocenters.